The standard InChI is InChI=1S/C15H18BrN3/c1-19(11-12-2-4-14(16)5-3-12)15(10-17)13-6-8-18-9-7-13/h2-9,15H,10-11,17H2,1H3. The molecule has 2 aromatic rings. The minimum absolute atomic E-state index is 0.214. The molecule has 1 atom stereocenters. The van der Waals surface area contributed by atoms with Crippen LogP contribution in [0.3, 0.4) is 0 Å². The summed E-state index contributed by atoms with van der Waals surface area (Å²) in [5, 5.41) is 0. The molecule has 2 rings (SSSR count). The van der Waals surface area contributed by atoms with Crippen LogP contribution in [-0.4, -0.2) is 23.5 Å². The lowest BCUT2D eigenvalue weighted by Crippen LogP contribution is -2.30. The molecular formula is C15H18BrN3. The monoisotopic (exact) mass is 319 g/mol. The molecule has 0 bridgehead atoms. The fraction of sp³-hybridized carbons (Fsp3) is 0.267. The van der Waals surface area contributed by atoms with Crippen LogP contribution in [0, 0.1) is 0 Å². The second kappa shape index (κ2) is 6.80. The quantitative estimate of drug-likeness (QED) is 0.921. The zero-order chi connectivity index (χ0) is 13.7. The van der Waals surface area contributed by atoms with Crippen molar-refractivity contribution in [2.75, 3.05) is 13.6 Å². The van der Waals surface area contributed by atoms with Gasteiger partial charge in [-0.05, 0) is 42.4 Å². The summed E-state index contributed by atoms with van der Waals surface area (Å²) in [6.45, 7) is 1.47. The van der Waals surface area contributed by atoms with Gasteiger partial charge in [-0.1, -0.05) is 28.1 Å². The van der Waals surface area contributed by atoms with Crippen molar-refractivity contribution in [2.24, 2.45) is 5.73 Å². The molecular weight excluding hydrogens is 302 g/mol. The van der Waals surface area contributed by atoms with Crippen molar-refractivity contribution in [3.05, 3.63) is 64.4 Å². The van der Waals surface area contributed by atoms with Crippen LogP contribution in [0.15, 0.2) is 53.3 Å². The van der Waals surface area contributed by atoms with Crippen LogP contribution < -0.4 is 5.73 Å². The molecule has 0 radical (unpaired) electrons. The van der Waals surface area contributed by atoms with Gasteiger partial charge in [0.15, 0.2) is 0 Å². The zero-order valence-corrected chi connectivity index (χ0v) is 12.5. The van der Waals surface area contributed by atoms with Crippen LogP contribution in [0.25, 0.3) is 0 Å². The highest BCUT2D eigenvalue weighted by molar-refractivity contribution is 9.10. The lowest BCUT2D eigenvalue weighted by Gasteiger charge is -2.27. The summed E-state index contributed by atoms with van der Waals surface area (Å²) in [7, 11) is 2.10. The first-order valence-electron chi connectivity index (χ1n) is 6.25. The van der Waals surface area contributed by atoms with Crippen molar-refractivity contribution in [2.45, 2.75) is 12.6 Å². The van der Waals surface area contributed by atoms with Crippen molar-refractivity contribution in [3.63, 3.8) is 0 Å². The van der Waals surface area contributed by atoms with Crippen LogP contribution >= 0.6 is 15.9 Å². The van der Waals surface area contributed by atoms with Gasteiger partial charge in [0.1, 0.15) is 0 Å². The Hall–Kier alpha value is -1.23. The number of nitrogens with zero attached hydrogens (tertiary/aromatic N) is 2. The van der Waals surface area contributed by atoms with Crippen molar-refractivity contribution in [1.29, 1.82) is 0 Å². The van der Waals surface area contributed by atoms with Crippen molar-refractivity contribution in [1.82, 2.24) is 9.88 Å². The summed E-state index contributed by atoms with van der Waals surface area (Å²) in [5.41, 5.74) is 8.40. The summed E-state index contributed by atoms with van der Waals surface area (Å²) in [6, 6.07) is 12.6. The second-order valence-electron chi connectivity index (χ2n) is 4.57. The maximum atomic E-state index is 5.91. The number of likely N-dealkylation sites (N-methyl/N-ethyl adjacent to an activating group) is 1. The number of benzene rings is 1. The van der Waals surface area contributed by atoms with Gasteiger partial charge in [0, 0.05) is 36.0 Å². The summed E-state index contributed by atoms with van der Waals surface area (Å²) in [6.07, 6.45) is 3.62. The van der Waals surface area contributed by atoms with E-state index < -0.39 is 0 Å². The van der Waals surface area contributed by atoms with Gasteiger partial charge >= 0.3 is 0 Å². The second-order valence-corrected chi connectivity index (χ2v) is 5.49. The topological polar surface area (TPSA) is 42.1 Å². The molecule has 1 heterocycles. The minimum atomic E-state index is 0.214. The molecule has 3 nitrogen and oxygen atoms in total. The van der Waals surface area contributed by atoms with E-state index >= 15 is 0 Å². The van der Waals surface area contributed by atoms with Gasteiger partial charge < -0.3 is 5.73 Å². The van der Waals surface area contributed by atoms with Crippen LogP contribution in [0.5, 0.6) is 0 Å². The molecule has 100 valence electrons. The highest BCUT2D eigenvalue weighted by Crippen LogP contribution is 2.20. The summed E-state index contributed by atoms with van der Waals surface area (Å²) in [4.78, 5) is 6.31. The predicted molar refractivity (Wildman–Crippen MR) is 81.6 cm³/mol. The van der Waals surface area contributed by atoms with E-state index in [0.717, 1.165) is 11.0 Å². The molecule has 0 aliphatic rings. The first-order valence-corrected chi connectivity index (χ1v) is 7.04. The smallest absolute Gasteiger partial charge is 0.0472 e. The van der Waals surface area contributed by atoms with E-state index in [2.05, 4.69) is 57.1 Å². The van der Waals surface area contributed by atoms with Crippen molar-refractivity contribution >= 4 is 15.9 Å². The summed E-state index contributed by atoms with van der Waals surface area (Å²) >= 11 is 3.45. The number of rotatable bonds is 5. The fourth-order valence-electron chi connectivity index (χ4n) is 2.14. The normalized spacial score (nSPS) is 12.6. The fourth-order valence-corrected chi connectivity index (χ4v) is 2.41. The molecule has 19 heavy (non-hydrogen) atoms. The lowest BCUT2D eigenvalue weighted by atomic mass is 10.1. The Bertz CT molecular complexity index is 499. The molecule has 0 saturated carbocycles. The summed E-state index contributed by atoms with van der Waals surface area (Å²) < 4.78 is 1.10. The first kappa shape index (κ1) is 14.2. The average Bonchev–Trinajstić information content (AvgIpc) is 2.43. The molecule has 4 heteroatoms. The Morgan fingerprint density at radius 3 is 2.37 bits per heavy atom. The Morgan fingerprint density at radius 2 is 1.79 bits per heavy atom. The van der Waals surface area contributed by atoms with Gasteiger partial charge in [0.25, 0.3) is 0 Å². The highest BCUT2D eigenvalue weighted by Gasteiger charge is 2.15. The molecule has 0 amide bonds. The maximum absolute atomic E-state index is 5.91. The summed E-state index contributed by atoms with van der Waals surface area (Å²) in [5.74, 6) is 0. The Balaban J connectivity index is 2.09. The van der Waals surface area contributed by atoms with E-state index in [-0.39, 0.29) is 6.04 Å². The third-order valence-corrected chi connectivity index (χ3v) is 3.72. The Kier molecular flexibility index (Phi) is 5.07. The molecule has 0 spiro atoms. The SMILES string of the molecule is CN(Cc1ccc(Br)cc1)C(CN)c1ccncc1. The lowest BCUT2D eigenvalue weighted by molar-refractivity contribution is 0.241. The van der Waals surface area contributed by atoms with E-state index in [4.69, 9.17) is 5.73 Å². The third kappa shape index (κ3) is 3.86. The molecule has 0 fully saturated rings. The Labute approximate surface area is 122 Å². The molecule has 2 N–H and O–H groups in total. The number of hydrogen-bond donors (Lipinski definition) is 1. The molecule has 1 aromatic heterocycles. The van der Waals surface area contributed by atoms with E-state index in [9.17, 15) is 0 Å². The van der Waals surface area contributed by atoms with Crippen LogP contribution in [0.2, 0.25) is 0 Å². The van der Waals surface area contributed by atoms with Gasteiger partial charge in [-0.2, -0.15) is 0 Å². The highest BCUT2D eigenvalue weighted by atomic mass is 79.9. The van der Waals surface area contributed by atoms with E-state index in [1.807, 2.05) is 24.5 Å². The number of pyridine rings is 1. The number of halogens is 1. The third-order valence-electron chi connectivity index (χ3n) is 3.19. The van der Waals surface area contributed by atoms with Crippen molar-refractivity contribution < 1.29 is 0 Å². The van der Waals surface area contributed by atoms with Gasteiger partial charge in [0.05, 0.1) is 0 Å². The van der Waals surface area contributed by atoms with Crippen LogP contribution in [0.1, 0.15) is 17.2 Å². The van der Waals surface area contributed by atoms with Crippen LogP contribution in [0.4, 0.5) is 0 Å². The van der Waals surface area contributed by atoms with E-state index in [1.54, 1.807) is 0 Å². The number of aromatic nitrogens is 1. The van der Waals surface area contributed by atoms with Gasteiger partial charge in [-0.15, -0.1) is 0 Å². The van der Waals surface area contributed by atoms with E-state index in [1.165, 1.54) is 11.1 Å². The zero-order valence-electron chi connectivity index (χ0n) is 11.0. The van der Waals surface area contributed by atoms with Crippen LogP contribution in [-0.2, 0) is 6.54 Å². The largest absolute Gasteiger partial charge is 0.329 e. The molecule has 0 aliphatic heterocycles. The number of hydrogen-bond acceptors (Lipinski definition) is 3. The predicted octanol–water partition coefficient (Wildman–Crippen LogP) is 2.98. The Morgan fingerprint density at radius 1 is 1.16 bits per heavy atom. The van der Waals surface area contributed by atoms with Gasteiger partial charge in [-0.3, -0.25) is 9.88 Å². The molecule has 1 aromatic carbocycles. The minimum Gasteiger partial charge on any atom is -0.329 e. The molecule has 1 unspecified atom stereocenters. The van der Waals surface area contributed by atoms with Crippen molar-refractivity contribution in [3.8, 4) is 0 Å². The van der Waals surface area contributed by atoms with E-state index in [0.29, 0.717) is 6.54 Å². The maximum Gasteiger partial charge on any atom is 0.0472 e. The van der Waals surface area contributed by atoms with Gasteiger partial charge in [0.2, 0.25) is 0 Å². The molecule has 0 aliphatic carbocycles. The van der Waals surface area contributed by atoms with Gasteiger partial charge in [-0.25, -0.2) is 0 Å². The first-order chi connectivity index (χ1) is 9.20. The average molecular weight is 320 g/mol. The molecule has 0 saturated heterocycles. The number of nitrogens with two attached hydrogens (primary N) is 1.